The van der Waals surface area contributed by atoms with Crippen molar-refractivity contribution < 1.29 is 19.1 Å². The molecule has 4 heteroatoms. The SMILES string of the molecule is CCCCCCCCCOC(=O)CCCC(=O)OCC(C)CC(C)(C)C. The Balaban J connectivity index is 3.53. The molecular formula is C22H42O4. The highest BCUT2D eigenvalue weighted by molar-refractivity contribution is 5.72. The molecule has 0 heterocycles. The van der Waals surface area contributed by atoms with Crippen LogP contribution in [0.25, 0.3) is 0 Å². The molecule has 4 nitrogen and oxygen atoms in total. The average molecular weight is 371 g/mol. The number of esters is 2. The Labute approximate surface area is 161 Å². The van der Waals surface area contributed by atoms with Crippen molar-refractivity contribution in [3.63, 3.8) is 0 Å². The van der Waals surface area contributed by atoms with Crippen LogP contribution in [0.3, 0.4) is 0 Å². The van der Waals surface area contributed by atoms with E-state index in [-0.39, 0.29) is 23.8 Å². The Morgan fingerprint density at radius 3 is 1.92 bits per heavy atom. The monoisotopic (exact) mass is 370 g/mol. The van der Waals surface area contributed by atoms with E-state index < -0.39 is 0 Å². The topological polar surface area (TPSA) is 52.6 Å². The maximum Gasteiger partial charge on any atom is 0.305 e. The molecule has 0 saturated heterocycles. The molecule has 1 unspecified atom stereocenters. The summed E-state index contributed by atoms with van der Waals surface area (Å²) in [6.07, 6.45) is 10.5. The fourth-order valence-electron chi connectivity index (χ4n) is 3.11. The first-order valence-electron chi connectivity index (χ1n) is 10.6. The summed E-state index contributed by atoms with van der Waals surface area (Å²) < 4.78 is 10.5. The van der Waals surface area contributed by atoms with Gasteiger partial charge in [0.1, 0.15) is 0 Å². The van der Waals surface area contributed by atoms with Crippen LogP contribution in [0.2, 0.25) is 0 Å². The molecule has 0 bridgehead atoms. The second-order valence-corrected chi connectivity index (χ2v) is 8.75. The van der Waals surface area contributed by atoms with Crippen LogP contribution in [0, 0.1) is 11.3 Å². The zero-order valence-corrected chi connectivity index (χ0v) is 17.9. The Bertz CT molecular complexity index is 371. The van der Waals surface area contributed by atoms with E-state index in [4.69, 9.17) is 9.47 Å². The van der Waals surface area contributed by atoms with Crippen LogP contribution in [0.4, 0.5) is 0 Å². The minimum absolute atomic E-state index is 0.204. The van der Waals surface area contributed by atoms with Crippen molar-refractivity contribution in [3.8, 4) is 0 Å². The number of carbonyl (C=O) groups excluding carboxylic acids is 2. The number of hydrogen-bond acceptors (Lipinski definition) is 4. The first-order valence-corrected chi connectivity index (χ1v) is 10.6. The molecule has 0 rings (SSSR count). The lowest BCUT2D eigenvalue weighted by Crippen LogP contribution is -2.17. The second-order valence-electron chi connectivity index (χ2n) is 8.75. The molecule has 0 aliphatic rings. The standard InChI is InChI=1S/C22H42O4/c1-6-7-8-9-10-11-12-16-25-20(23)14-13-15-21(24)26-18-19(2)17-22(3,4)5/h19H,6-18H2,1-5H3. The molecule has 0 radical (unpaired) electrons. The number of ether oxygens (including phenoxy) is 2. The third-order valence-corrected chi connectivity index (χ3v) is 4.26. The van der Waals surface area contributed by atoms with Gasteiger partial charge in [0.2, 0.25) is 0 Å². The van der Waals surface area contributed by atoms with Gasteiger partial charge in [0.15, 0.2) is 0 Å². The van der Waals surface area contributed by atoms with E-state index in [1.54, 1.807) is 0 Å². The molecule has 0 aliphatic heterocycles. The maximum absolute atomic E-state index is 11.7. The molecule has 0 saturated carbocycles. The molecule has 0 aromatic heterocycles. The first-order chi connectivity index (χ1) is 12.2. The van der Waals surface area contributed by atoms with Crippen molar-refractivity contribution in [1.82, 2.24) is 0 Å². The molecule has 0 fully saturated rings. The molecule has 0 amide bonds. The number of unbranched alkanes of at least 4 members (excludes halogenated alkanes) is 6. The van der Waals surface area contributed by atoms with Crippen molar-refractivity contribution in [2.24, 2.45) is 11.3 Å². The average Bonchev–Trinajstić information content (AvgIpc) is 2.54. The lowest BCUT2D eigenvalue weighted by molar-refractivity contribution is -0.146. The zero-order chi connectivity index (χ0) is 19.8. The van der Waals surface area contributed by atoms with E-state index in [2.05, 4.69) is 34.6 Å². The maximum atomic E-state index is 11.7. The lowest BCUT2D eigenvalue weighted by atomic mass is 9.86. The summed E-state index contributed by atoms with van der Waals surface area (Å²) in [5.41, 5.74) is 0.241. The van der Waals surface area contributed by atoms with E-state index in [0.29, 0.717) is 32.0 Å². The Hall–Kier alpha value is -1.06. The van der Waals surface area contributed by atoms with Gasteiger partial charge in [-0.1, -0.05) is 73.1 Å². The zero-order valence-electron chi connectivity index (χ0n) is 17.9. The predicted molar refractivity (Wildman–Crippen MR) is 107 cm³/mol. The molecule has 0 aliphatic carbocycles. The van der Waals surface area contributed by atoms with Gasteiger partial charge >= 0.3 is 11.9 Å². The summed E-state index contributed by atoms with van der Waals surface area (Å²) in [6, 6.07) is 0. The molecule has 26 heavy (non-hydrogen) atoms. The van der Waals surface area contributed by atoms with Crippen LogP contribution in [0.5, 0.6) is 0 Å². The predicted octanol–water partition coefficient (Wildman–Crippen LogP) is 6.07. The summed E-state index contributed by atoms with van der Waals surface area (Å²) in [7, 11) is 0. The molecule has 154 valence electrons. The highest BCUT2D eigenvalue weighted by atomic mass is 16.5. The van der Waals surface area contributed by atoms with Gasteiger partial charge < -0.3 is 9.47 Å². The molecule has 0 aromatic carbocycles. The Kier molecular flexibility index (Phi) is 14.4. The summed E-state index contributed by atoms with van der Waals surface area (Å²) in [5.74, 6) is -0.0681. The van der Waals surface area contributed by atoms with Crippen LogP contribution in [-0.4, -0.2) is 25.2 Å². The van der Waals surface area contributed by atoms with Crippen molar-refractivity contribution in [2.45, 2.75) is 105 Å². The minimum atomic E-state index is -0.217. The van der Waals surface area contributed by atoms with E-state index in [1.165, 1.54) is 32.1 Å². The highest BCUT2D eigenvalue weighted by Crippen LogP contribution is 2.24. The second kappa shape index (κ2) is 15.0. The van der Waals surface area contributed by atoms with Gasteiger partial charge in [-0.3, -0.25) is 9.59 Å². The Morgan fingerprint density at radius 1 is 0.808 bits per heavy atom. The molecular weight excluding hydrogens is 328 g/mol. The van der Waals surface area contributed by atoms with Gasteiger partial charge in [0.05, 0.1) is 13.2 Å². The largest absolute Gasteiger partial charge is 0.466 e. The van der Waals surface area contributed by atoms with Crippen LogP contribution in [-0.2, 0) is 19.1 Å². The third-order valence-electron chi connectivity index (χ3n) is 4.26. The lowest BCUT2D eigenvalue weighted by Gasteiger charge is -2.22. The van der Waals surface area contributed by atoms with Gasteiger partial charge in [0.25, 0.3) is 0 Å². The normalized spacial score (nSPS) is 12.7. The minimum Gasteiger partial charge on any atom is -0.466 e. The highest BCUT2D eigenvalue weighted by Gasteiger charge is 2.16. The smallest absolute Gasteiger partial charge is 0.305 e. The van der Waals surface area contributed by atoms with Gasteiger partial charge in [-0.15, -0.1) is 0 Å². The summed E-state index contributed by atoms with van der Waals surface area (Å²) in [4.78, 5) is 23.4. The molecule has 0 aromatic rings. The van der Waals surface area contributed by atoms with Crippen LogP contribution >= 0.6 is 0 Å². The van der Waals surface area contributed by atoms with Gasteiger partial charge in [0, 0.05) is 12.8 Å². The van der Waals surface area contributed by atoms with E-state index in [0.717, 1.165) is 19.3 Å². The van der Waals surface area contributed by atoms with Gasteiger partial charge in [-0.25, -0.2) is 0 Å². The molecule has 0 spiro atoms. The van der Waals surface area contributed by atoms with Crippen LogP contribution in [0.1, 0.15) is 105 Å². The quantitative estimate of drug-likeness (QED) is 0.259. The van der Waals surface area contributed by atoms with Crippen LogP contribution < -0.4 is 0 Å². The summed E-state index contributed by atoms with van der Waals surface area (Å²) >= 11 is 0. The van der Waals surface area contributed by atoms with Gasteiger partial charge in [-0.2, -0.15) is 0 Å². The first kappa shape index (κ1) is 24.9. The fourth-order valence-corrected chi connectivity index (χ4v) is 3.11. The van der Waals surface area contributed by atoms with Crippen molar-refractivity contribution in [3.05, 3.63) is 0 Å². The van der Waals surface area contributed by atoms with E-state index in [1.807, 2.05) is 0 Å². The number of carbonyl (C=O) groups is 2. The van der Waals surface area contributed by atoms with Crippen molar-refractivity contribution in [1.29, 1.82) is 0 Å². The van der Waals surface area contributed by atoms with E-state index in [9.17, 15) is 9.59 Å². The Morgan fingerprint density at radius 2 is 1.35 bits per heavy atom. The molecule has 0 N–H and O–H groups in total. The van der Waals surface area contributed by atoms with Crippen LogP contribution in [0.15, 0.2) is 0 Å². The van der Waals surface area contributed by atoms with E-state index >= 15 is 0 Å². The number of hydrogen-bond donors (Lipinski definition) is 0. The van der Waals surface area contributed by atoms with Crippen molar-refractivity contribution >= 4 is 11.9 Å². The summed E-state index contributed by atoms with van der Waals surface area (Å²) in [6.45, 7) is 11.8. The van der Waals surface area contributed by atoms with Crippen molar-refractivity contribution in [2.75, 3.05) is 13.2 Å². The van der Waals surface area contributed by atoms with Gasteiger partial charge in [-0.05, 0) is 30.6 Å². The third kappa shape index (κ3) is 17.8. The summed E-state index contributed by atoms with van der Waals surface area (Å²) in [5, 5.41) is 0. The number of rotatable bonds is 15. The molecule has 1 atom stereocenters. The fraction of sp³-hybridized carbons (Fsp3) is 0.909.